The molecule has 2 aromatic heterocycles. The van der Waals surface area contributed by atoms with E-state index in [0.717, 1.165) is 43.1 Å². The van der Waals surface area contributed by atoms with Gasteiger partial charge in [0.05, 0.1) is 24.0 Å². The van der Waals surface area contributed by atoms with E-state index in [1.165, 1.54) is 5.56 Å². The molecule has 0 saturated carbocycles. The summed E-state index contributed by atoms with van der Waals surface area (Å²) in [6, 6.07) is 2.01. The third-order valence-corrected chi connectivity index (χ3v) is 3.99. The Morgan fingerprint density at radius 1 is 1.36 bits per heavy atom. The van der Waals surface area contributed by atoms with Crippen molar-refractivity contribution in [1.82, 2.24) is 25.1 Å². The molecule has 0 fully saturated rings. The molecule has 3 rings (SSSR count). The zero-order chi connectivity index (χ0) is 15.4. The lowest BCUT2D eigenvalue weighted by Crippen LogP contribution is -2.21. The smallest absolute Gasteiger partial charge is 0.133 e. The molecule has 3 heterocycles. The number of methoxy groups -OCH3 is 1. The van der Waals surface area contributed by atoms with Crippen LogP contribution in [0.3, 0.4) is 0 Å². The Labute approximate surface area is 130 Å². The van der Waals surface area contributed by atoms with Gasteiger partial charge >= 0.3 is 0 Å². The number of hydrogen-bond donors (Lipinski definition) is 2. The molecule has 0 amide bonds. The first-order chi connectivity index (χ1) is 10.8. The van der Waals surface area contributed by atoms with Gasteiger partial charge in [-0.25, -0.2) is 9.97 Å². The van der Waals surface area contributed by atoms with Crippen LogP contribution in [-0.2, 0) is 24.6 Å². The number of aryl methyl sites for hydroxylation is 1. The summed E-state index contributed by atoms with van der Waals surface area (Å²) in [6.07, 6.45) is 5.31. The average Bonchev–Trinajstić information content (AvgIpc) is 2.80. The van der Waals surface area contributed by atoms with Gasteiger partial charge in [-0.3, -0.25) is 4.68 Å². The number of rotatable bonds is 5. The summed E-state index contributed by atoms with van der Waals surface area (Å²) in [4.78, 5) is 8.89. The summed E-state index contributed by atoms with van der Waals surface area (Å²) in [5.74, 6) is 0.900. The van der Waals surface area contributed by atoms with Gasteiger partial charge in [0.2, 0.25) is 0 Å². The number of anilines is 1. The van der Waals surface area contributed by atoms with Crippen LogP contribution in [0.15, 0.2) is 18.6 Å². The highest BCUT2D eigenvalue weighted by Crippen LogP contribution is 2.23. The van der Waals surface area contributed by atoms with E-state index < -0.39 is 0 Å². The molecule has 0 radical (unpaired) electrons. The Kier molecular flexibility index (Phi) is 4.65. The molecule has 0 aromatic carbocycles. The molecule has 0 aliphatic carbocycles. The molecule has 1 aliphatic rings. The van der Waals surface area contributed by atoms with Gasteiger partial charge in [0.15, 0.2) is 0 Å². The van der Waals surface area contributed by atoms with Crippen molar-refractivity contribution in [2.75, 3.05) is 32.1 Å². The number of nitrogens with one attached hydrogen (secondary N) is 2. The summed E-state index contributed by atoms with van der Waals surface area (Å²) < 4.78 is 7.22. The normalized spacial score (nSPS) is 15.9. The summed E-state index contributed by atoms with van der Waals surface area (Å²) in [5.41, 5.74) is 3.40. The van der Waals surface area contributed by atoms with E-state index in [0.29, 0.717) is 6.61 Å². The Hall–Kier alpha value is -1.99. The Morgan fingerprint density at radius 3 is 3.00 bits per heavy atom. The minimum absolute atomic E-state index is 0.00714. The lowest BCUT2D eigenvalue weighted by atomic mass is 10.1. The second-order valence-corrected chi connectivity index (χ2v) is 5.43. The van der Waals surface area contributed by atoms with Gasteiger partial charge in [0.25, 0.3) is 0 Å². The predicted molar refractivity (Wildman–Crippen MR) is 83.8 cm³/mol. The van der Waals surface area contributed by atoms with Gasteiger partial charge in [0, 0.05) is 38.9 Å². The van der Waals surface area contributed by atoms with E-state index in [1.807, 2.05) is 17.8 Å². The molecule has 0 spiro atoms. The molecule has 2 aromatic rings. The van der Waals surface area contributed by atoms with Crippen LogP contribution in [0.2, 0.25) is 0 Å². The van der Waals surface area contributed by atoms with Gasteiger partial charge in [-0.2, -0.15) is 5.10 Å². The van der Waals surface area contributed by atoms with Gasteiger partial charge in [-0.1, -0.05) is 0 Å². The van der Waals surface area contributed by atoms with Gasteiger partial charge < -0.3 is 15.4 Å². The summed E-state index contributed by atoms with van der Waals surface area (Å²) in [7, 11) is 3.64. The third kappa shape index (κ3) is 3.10. The molecule has 1 aliphatic heterocycles. The summed E-state index contributed by atoms with van der Waals surface area (Å²) >= 11 is 0. The number of aromatic nitrogens is 4. The highest BCUT2D eigenvalue weighted by molar-refractivity contribution is 5.48. The van der Waals surface area contributed by atoms with E-state index >= 15 is 0 Å². The fraction of sp³-hybridized carbons (Fsp3) is 0.533. The first-order valence-corrected chi connectivity index (χ1v) is 7.56. The van der Waals surface area contributed by atoms with Crippen molar-refractivity contribution >= 4 is 5.82 Å². The van der Waals surface area contributed by atoms with Crippen LogP contribution in [0.25, 0.3) is 0 Å². The zero-order valence-corrected chi connectivity index (χ0v) is 13.0. The first-order valence-electron chi connectivity index (χ1n) is 7.56. The van der Waals surface area contributed by atoms with Crippen molar-refractivity contribution in [2.24, 2.45) is 7.05 Å². The van der Waals surface area contributed by atoms with Crippen molar-refractivity contribution in [3.8, 4) is 0 Å². The van der Waals surface area contributed by atoms with Crippen molar-refractivity contribution in [2.45, 2.75) is 18.9 Å². The number of ether oxygens (including phenoxy) is 1. The highest BCUT2D eigenvalue weighted by atomic mass is 16.5. The SMILES string of the molecule is COCC(Nc1ncnc2c1CCNCC2)c1ccnn1C. The first kappa shape index (κ1) is 14.9. The van der Waals surface area contributed by atoms with Gasteiger partial charge in [-0.05, 0) is 19.0 Å². The molecular weight excluding hydrogens is 280 g/mol. The Bertz CT molecular complexity index is 626. The minimum atomic E-state index is 0.00714. The lowest BCUT2D eigenvalue weighted by Gasteiger charge is -2.21. The second kappa shape index (κ2) is 6.85. The molecule has 0 saturated heterocycles. The van der Waals surface area contributed by atoms with Crippen LogP contribution in [0.5, 0.6) is 0 Å². The molecule has 118 valence electrons. The monoisotopic (exact) mass is 302 g/mol. The molecular formula is C15H22N6O. The standard InChI is InChI=1S/C15H22N6O/c1-21-14(5-8-19-21)13(9-22-2)20-15-11-3-6-16-7-4-12(11)17-10-18-15/h5,8,10,13,16H,3-4,6-7,9H2,1-2H3,(H,17,18,20). The van der Waals surface area contributed by atoms with E-state index in [9.17, 15) is 0 Å². The average molecular weight is 302 g/mol. The maximum Gasteiger partial charge on any atom is 0.133 e. The zero-order valence-electron chi connectivity index (χ0n) is 13.0. The number of hydrogen-bond acceptors (Lipinski definition) is 6. The van der Waals surface area contributed by atoms with Crippen molar-refractivity contribution in [3.05, 3.63) is 35.5 Å². The van der Waals surface area contributed by atoms with Crippen LogP contribution in [0.1, 0.15) is 23.0 Å². The summed E-state index contributed by atoms with van der Waals surface area (Å²) in [5, 5.41) is 11.2. The van der Waals surface area contributed by atoms with Crippen LogP contribution in [0, 0.1) is 0 Å². The van der Waals surface area contributed by atoms with Crippen molar-refractivity contribution in [1.29, 1.82) is 0 Å². The molecule has 1 atom stereocenters. The van der Waals surface area contributed by atoms with Gasteiger partial charge in [0.1, 0.15) is 12.1 Å². The van der Waals surface area contributed by atoms with E-state index in [-0.39, 0.29) is 6.04 Å². The third-order valence-electron chi connectivity index (χ3n) is 3.99. The maximum atomic E-state index is 5.36. The topological polar surface area (TPSA) is 76.9 Å². The van der Waals surface area contributed by atoms with E-state index in [1.54, 1.807) is 19.6 Å². The predicted octanol–water partition coefficient (Wildman–Crippen LogP) is 0.698. The lowest BCUT2D eigenvalue weighted by molar-refractivity contribution is 0.184. The Morgan fingerprint density at radius 2 is 2.23 bits per heavy atom. The molecule has 22 heavy (non-hydrogen) atoms. The molecule has 2 N–H and O–H groups in total. The minimum Gasteiger partial charge on any atom is -0.382 e. The maximum absolute atomic E-state index is 5.36. The number of nitrogens with zero attached hydrogens (tertiary/aromatic N) is 4. The number of fused-ring (bicyclic) bond motifs is 1. The molecule has 7 nitrogen and oxygen atoms in total. The van der Waals surface area contributed by atoms with Crippen LogP contribution < -0.4 is 10.6 Å². The van der Waals surface area contributed by atoms with Crippen LogP contribution in [-0.4, -0.2) is 46.6 Å². The fourth-order valence-electron chi connectivity index (χ4n) is 2.86. The van der Waals surface area contributed by atoms with Crippen molar-refractivity contribution < 1.29 is 4.74 Å². The highest BCUT2D eigenvalue weighted by Gasteiger charge is 2.19. The molecule has 1 unspecified atom stereocenters. The van der Waals surface area contributed by atoms with E-state index in [2.05, 4.69) is 25.7 Å². The summed E-state index contributed by atoms with van der Waals surface area (Å²) in [6.45, 7) is 2.47. The van der Waals surface area contributed by atoms with Crippen LogP contribution in [0.4, 0.5) is 5.82 Å². The fourth-order valence-corrected chi connectivity index (χ4v) is 2.86. The molecule has 7 heteroatoms. The van der Waals surface area contributed by atoms with Crippen molar-refractivity contribution in [3.63, 3.8) is 0 Å². The largest absolute Gasteiger partial charge is 0.382 e. The Balaban J connectivity index is 1.89. The molecule has 0 bridgehead atoms. The quantitative estimate of drug-likeness (QED) is 0.846. The van der Waals surface area contributed by atoms with Crippen LogP contribution >= 0.6 is 0 Å². The van der Waals surface area contributed by atoms with Gasteiger partial charge in [-0.15, -0.1) is 0 Å². The van der Waals surface area contributed by atoms with E-state index in [4.69, 9.17) is 4.74 Å². The second-order valence-electron chi connectivity index (χ2n) is 5.43.